The number of carbonyl (C=O) groups is 1. The third-order valence-electron chi connectivity index (χ3n) is 4.94. The lowest BCUT2D eigenvalue weighted by Gasteiger charge is -2.47. The molecule has 1 spiro atoms. The second-order valence-corrected chi connectivity index (χ2v) is 6.17. The molecule has 0 radical (unpaired) electrons. The van der Waals surface area contributed by atoms with Gasteiger partial charge in [-0.2, -0.15) is 0 Å². The van der Waals surface area contributed by atoms with Gasteiger partial charge < -0.3 is 10.6 Å². The molecule has 1 aliphatic carbocycles. The van der Waals surface area contributed by atoms with Gasteiger partial charge in [0.1, 0.15) is 0 Å². The summed E-state index contributed by atoms with van der Waals surface area (Å²) in [4.78, 5) is 16.5. The van der Waals surface area contributed by atoms with Crippen molar-refractivity contribution < 1.29 is 4.79 Å². The molecular formula is C16H23N3O. The molecule has 108 valence electrons. The molecule has 1 saturated carbocycles. The van der Waals surface area contributed by atoms with Gasteiger partial charge in [0, 0.05) is 30.4 Å². The van der Waals surface area contributed by atoms with Crippen LogP contribution in [0.15, 0.2) is 18.3 Å². The third-order valence-corrected chi connectivity index (χ3v) is 4.94. The zero-order valence-electron chi connectivity index (χ0n) is 12.1. The van der Waals surface area contributed by atoms with E-state index in [1.54, 1.807) is 6.20 Å². The van der Waals surface area contributed by atoms with Gasteiger partial charge in [-0.1, -0.05) is 18.9 Å². The van der Waals surface area contributed by atoms with Crippen molar-refractivity contribution in [2.24, 2.45) is 5.41 Å². The number of hydrogen-bond acceptors (Lipinski definition) is 3. The first kappa shape index (κ1) is 13.6. The molecule has 1 aliphatic heterocycles. The SMILES string of the molecule is Cc1ncccc1CCNC(=O)C1NCC12CCCC2. The Morgan fingerprint density at radius 3 is 2.95 bits per heavy atom. The van der Waals surface area contributed by atoms with Crippen molar-refractivity contribution in [2.75, 3.05) is 13.1 Å². The summed E-state index contributed by atoms with van der Waals surface area (Å²) in [5, 5.41) is 6.40. The van der Waals surface area contributed by atoms with Gasteiger partial charge in [-0.15, -0.1) is 0 Å². The van der Waals surface area contributed by atoms with E-state index in [4.69, 9.17) is 0 Å². The molecule has 1 amide bonds. The zero-order valence-corrected chi connectivity index (χ0v) is 12.1. The first-order valence-corrected chi connectivity index (χ1v) is 7.63. The molecule has 0 aromatic carbocycles. The van der Waals surface area contributed by atoms with Crippen molar-refractivity contribution >= 4 is 5.91 Å². The molecule has 2 heterocycles. The van der Waals surface area contributed by atoms with Crippen molar-refractivity contribution in [2.45, 2.75) is 45.1 Å². The first-order chi connectivity index (χ1) is 9.71. The molecule has 1 unspecified atom stereocenters. The highest BCUT2D eigenvalue weighted by atomic mass is 16.2. The fourth-order valence-corrected chi connectivity index (χ4v) is 3.61. The molecule has 20 heavy (non-hydrogen) atoms. The minimum absolute atomic E-state index is 0.0417. The summed E-state index contributed by atoms with van der Waals surface area (Å²) in [7, 11) is 0. The third kappa shape index (κ3) is 2.44. The Kier molecular flexibility index (Phi) is 3.74. The molecule has 2 fully saturated rings. The Morgan fingerprint density at radius 1 is 1.50 bits per heavy atom. The monoisotopic (exact) mass is 273 g/mol. The summed E-state index contributed by atoms with van der Waals surface area (Å²) >= 11 is 0. The predicted octanol–water partition coefficient (Wildman–Crippen LogP) is 1.58. The maximum atomic E-state index is 12.3. The van der Waals surface area contributed by atoms with Crippen LogP contribution >= 0.6 is 0 Å². The number of carbonyl (C=O) groups excluding carboxylic acids is 1. The molecule has 4 nitrogen and oxygen atoms in total. The summed E-state index contributed by atoms with van der Waals surface area (Å²) in [6, 6.07) is 4.07. The van der Waals surface area contributed by atoms with E-state index in [1.807, 2.05) is 13.0 Å². The maximum absolute atomic E-state index is 12.3. The standard InChI is InChI=1S/C16H23N3O/c1-12-13(5-4-9-17-12)6-10-18-15(20)14-16(11-19-14)7-2-3-8-16/h4-5,9,14,19H,2-3,6-8,10-11H2,1H3,(H,18,20). The van der Waals surface area contributed by atoms with Crippen LogP contribution < -0.4 is 10.6 Å². The van der Waals surface area contributed by atoms with Gasteiger partial charge in [-0.05, 0) is 37.8 Å². The Balaban J connectivity index is 1.49. The average Bonchev–Trinajstić information content (AvgIpc) is 2.91. The molecule has 1 atom stereocenters. The van der Waals surface area contributed by atoms with E-state index >= 15 is 0 Å². The summed E-state index contributed by atoms with van der Waals surface area (Å²) in [5.41, 5.74) is 2.54. The van der Waals surface area contributed by atoms with Gasteiger partial charge in [-0.25, -0.2) is 0 Å². The fourth-order valence-electron chi connectivity index (χ4n) is 3.61. The van der Waals surface area contributed by atoms with Gasteiger partial charge in [0.2, 0.25) is 5.91 Å². The normalized spacial score (nSPS) is 23.6. The Hall–Kier alpha value is -1.42. The van der Waals surface area contributed by atoms with Crippen LogP contribution in [0.2, 0.25) is 0 Å². The van der Waals surface area contributed by atoms with Crippen LogP contribution in [0.25, 0.3) is 0 Å². The first-order valence-electron chi connectivity index (χ1n) is 7.63. The average molecular weight is 273 g/mol. The van der Waals surface area contributed by atoms with E-state index < -0.39 is 0 Å². The second kappa shape index (κ2) is 5.52. The number of aryl methyl sites for hydroxylation is 1. The zero-order chi connectivity index (χ0) is 14.0. The van der Waals surface area contributed by atoms with E-state index in [1.165, 1.54) is 31.2 Å². The maximum Gasteiger partial charge on any atom is 0.237 e. The lowest BCUT2D eigenvalue weighted by atomic mass is 9.71. The highest BCUT2D eigenvalue weighted by Crippen LogP contribution is 2.45. The summed E-state index contributed by atoms with van der Waals surface area (Å²) in [6.07, 6.45) is 7.63. The van der Waals surface area contributed by atoms with Crippen LogP contribution in [0.4, 0.5) is 0 Å². The van der Waals surface area contributed by atoms with Crippen molar-refractivity contribution in [1.82, 2.24) is 15.6 Å². The molecule has 2 aliphatic rings. The Morgan fingerprint density at radius 2 is 2.30 bits per heavy atom. The molecule has 4 heteroatoms. The number of nitrogens with zero attached hydrogens (tertiary/aromatic N) is 1. The lowest BCUT2D eigenvalue weighted by Crippen LogP contribution is -2.67. The lowest BCUT2D eigenvalue weighted by molar-refractivity contribution is -0.130. The topological polar surface area (TPSA) is 54.0 Å². The van der Waals surface area contributed by atoms with Gasteiger partial charge in [-0.3, -0.25) is 9.78 Å². The van der Waals surface area contributed by atoms with Gasteiger partial charge in [0.05, 0.1) is 6.04 Å². The minimum Gasteiger partial charge on any atom is -0.354 e. The Bertz CT molecular complexity index is 494. The van der Waals surface area contributed by atoms with E-state index in [0.29, 0.717) is 6.54 Å². The van der Waals surface area contributed by atoms with Crippen LogP contribution in [0.3, 0.4) is 0 Å². The predicted molar refractivity (Wildman–Crippen MR) is 78.4 cm³/mol. The van der Waals surface area contributed by atoms with Crippen molar-refractivity contribution in [3.8, 4) is 0 Å². The van der Waals surface area contributed by atoms with Crippen molar-refractivity contribution in [3.63, 3.8) is 0 Å². The molecule has 1 aromatic rings. The van der Waals surface area contributed by atoms with E-state index in [2.05, 4.69) is 21.7 Å². The molecule has 3 rings (SSSR count). The smallest absolute Gasteiger partial charge is 0.237 e. The quantitative estimate of drug-likeness (QED) is 0.876. The number of pyridine rings is 1. The number of hydrogen-bond donors (Lipinski definition) is 2. The molecule has 1 saturated heterocycles. The minimum atomic E-state index is 0.0417. The van der Waals surface area contributed by atoms with Crippen LogP contribution in [0, 0.1) is 12.3 Å². The van der Waals surface area contributed by atoms with Crippen LogP contribution in [-0.4, -0.2) is 30.0 Å². The highest BCUT2D eigenvalue weighted by molar-refractivity contribution is 5.84. The second-order valence-electron chi connectivity index (χ2n) is 6.17. The summed E-state index contributed by atoms with van der Waals surface area (Å²) in [6.45, 7) is 3.73. The number of nitrogens with one attached hydrogen (secondary N) is 2. The molecule has 1 aromatic heterocycles. The van der Waals surface area contributed by atoms with Crippen molar-refractivity contribution in [3.05, 3.63) is 29.6 Å². The van der Waals surface area contributed by atoms with E-state index in [-0.39, 0.29) is 17.4 Å². The highest BCUT2D eigenvalue weighted by Gasteiger charge is 2.51. The van der Waals surface area contributed by atoms with E-state index in [0.717, 1.165) is 18.7 Å². The largest absolute Gasteiger partial charge is 0.354 e. The summed E-state index contributed by atoms with van der Waals surface area (Å²) < 4.78 is 0. The summed E-state index contributed by atoms with van der Waals surface area (Å²) in [5.74, 6) is 0.180. The molecule has 2 N–H and O–H groups in total. The Labute approximate surface area is 120 Å². The van der Waals surface area contributed by atoms with Crippen LogP contribution in [-0.2, 0) is 11.2 Å². The number of amides is 1. The van der Waals surface area contributed by atoms with Gasteiger partial charge >= 0.3 is 0 Å². The van der Waals surface area contributed by atoms with Crippen molar-refractivity contribution in [1.29, 1.82) is 0 Å². The van der Waals surface area contributed by atoms with Gasteiger partial charge in [0.15, 0.2) is 0 Å². The van der Waals surface area contributed by atoms with Gasteiger partial charge in [0.25, 0.3) is 0 Å². The molecular weight excluding hydrogens is 250 g/mol. The van der Waals surface area contributed by atoms with E-state index in [9.17, 15) is 4.79 Å². The fraction of sp³-hybridized carbons (Fsp3) is 0.625. The van der Waals surface area contributed by atoms with Crippen LogP contribution in [0.5, 0.6) is 0 Å². The number of aromatic nitrogens is 1. The van der Waals surface area contributed by atoms with Crippen LogP contribution in [0.1, 0.15) is 36.9 Å². The molecule has 0 bridgehead atoms. The number of rotatable bonds is 4.